The van der Waals surface area contributed by atoms with Crippen molar-refractivity contribution in [3.05, 3.63) is 70.6 Å². The first-order valence-corrected chi connectivity index (χ1v) is 10.2. The molecule has 0 radical (unpaired) electrons. The highest BCUT2D eigenvalue weighted by atomic mass is 32.1. The summed E-state index contributed by atoms with van der Waals surface area (Å²) in [6, 6.07) is 14.3. The molecule has 2 amide bonds. The summed E-state index contributed by atoms with van der Waals surface area (Å²) in [6.07, 6.45) is 2.22. The van der Waals surface area contributed by atoms with Gasteiger partial charge in [0, 0.05) is 11.9 Å². The van der Waals surface area contributed by atoms with Crippen molar-refractivity contribution >= 4 is 40.3 Å². The number of fused-ring (bicyclic) bond motifs is 1. The summed E-state index contributed by atoms with van der Waals surface area (Å²) in [5.74, 6) is 0.680. The zero-order chi connectivity index (χ0) is 20.9. The van der Waals surface area contributed by atoms with Crippen molar-refractivity contribution in [3.63, 3.8) is 0 Å². The van der Waals surface area contributed by atoms with Crippen molar-refractivity contribution < 1.29 is 14.3 Å². The zero-order valence-corrected chi connectivity index (χ0v) is 16.8. The number of hydrazone groups is 1. The fourth-order valence-electron chi connectivity index (χ4n) is 3.00. The van der Waals surface area contributed by atoms with E-state index in [0.29, 0.717) is 47.4 Å². The number of nitrogens with two attached hydrogens (primary N) is 1. The van der Waals surface area contributed by atoms with E-state index in [4.69, 9.17) is 10.5 Å². The number of imide groups is 1. The van der Waals surface area contributed by atoms with E-state index in [1.54, 1.807) is 35.9 Å². The summed E-state index contributed by atoms with van der Waals surface area (Å²) in [7, 11) is 0. The van der Waals surface area contributed by atoms with E-state index in [0.717, 1.165) is 5.56 Å². The number of nitrogens with one attached hydrogen (secondary N) is 1. The maximum atomic E-state index is 12.3. The predicted molar refractivity (Wildman–Crippen MR) is 116 cm³/mol. The Morgan fingerprint density at radius 3 is 2.43 bits per heavy atom. The van der Waals surface area contributed by atoms with Gasteiger partial charge in [-0.1, -0.05) is 12.1 Å². The largest absolute Gasteiger partial charge is 0.494 e. The average molecular weight is 421 g/mol. The maximum Gasteiger partial charge on any atom is 0.261 e. The molecule has 0 saturated heterocycles. The number of thiazole rings is 1. The second-order valence-corrected chi connectivity index (χ2v) is 7.38. The van der Waals surface area contributed by atoms with Gasteiger partial charge in [-0.3, -0.25) is 19.9 Å². The Morgan fingerprint density at radius 1 is 1.10 bits per heavy atom. The molecule has 0 aliphatic carbocycles. The van der Waals surface area contributed by atoms with Gasteiger partial charge in [0.25, 0.3) is 11.8 Å². The number of benzene rings is 2. The van der Waals surface area contributed by atoms with Crippen LogP contribution >= 0.6 is 11.3 Å². The number of nitrogens with zero attached hydrogens (tertiary/aromatic N) is 3. The minimum atomic E-state index is -0.242. The molecule has 0 bridgehead atoms. The van der Waals surface area contributed by atoms with Crippen LogP contribution in [0.15, 0.2) is 59.0 Å². The SMILES string of the molecule is Nc1csc(NN=Cc2ccc(OCCCN3C(=O)c4ccccc4C3=O)cc2)n1. The van der Waals surface area contributed by atoms with Crippen LogP contribution in [0.2, 0.25) is 0 Å². The third-order valence-electron chi connectivity index (χ3n) is 4.45. The number of rotatable bonds is 8. The molecule has 4 rings (SSSR count). The summed E-state index contributed by atoms with van der Waals surface area (Å²) in [5.41, 5.74) is 10.2. The lowest BCUT2D eigenvalue weighted by atomic mass is 10.1. The average Bonchev–Trinajstić information content (AvgIpc) is 3.28. The van der Waals surface area contributed by atoms with Crippen LogP contribution in [-0.2, 0) is 0 Å². The Balaban J connectivity index is 1.22. The molecule has 1 aromatic heterocycles. The van der Waals surface area contributed by atoms with Crippen molar-refractivity contribution in [2.24, 2.45) is 5.10 Å². The highest BCUT2D eigenvalue weighted by Crippen LogP contribution is 2.22. The maximum absolute atomic E-state index is 12.3. The number of aromatic nitrogens is 1. The van der Waals surface area contributed by atoms with E-state index >= 15 is 0 Å². The van der Waals surface area contributed by atoms with Gasteiger partial charge in [-0.05, 0) is 48.4 Å². The number of nitrogen functional groups attached to an aromatic ring is 1. The molecule has 0 spiro atoms. The minimum absolute atomic E-state index is 0.242. The van der Waals surface area contributed by atoms with Crippen LogP contribution in [0, 0.1) is 0 Å². The van der Waals surface area contributed by atoms with E-state index in [-0.39, 0.29) is 11.8 Å². The number of hydrogen-bond donors (Lipinski definition) is 2. The first-order chi connectivity index (χ1) is 14.6. The summed E-state index contributed by atoms with van der Waals surface area (Å²) in [5, 5.41) is 6.47. The van der Waals surface area contributed by atoms with Crippen LogP contribution in [-0.4, -0.2) is 41.1 Å². The number of carbonyl (C=O) groups excluding carboxylic acids is 2. The molecule has 9 heteroatoms. The van der Waals surface area contributed by atoms with Gasteiger partial charge >= 0.3 is 0 Å². The fraction of sp³-hybridized carbons (Fsp3) is 0.143. The lowest BCUT2D eigenvalue weighted by Crippen LogP contribution is -2.31. The van der Waals surface area contributed by atoms with Gasteiger partial charge in [0.1, 0.15) is 11.6 Å². The van der Waals surface area contributed by atoms with Crippen molar-refractivity contribution in [2.75, 3.05) is 24.3 Å². The molecular weight excluding hydrogens is 402 g/mol. The van der Waals surface area contributed by atoms with Crippen LogP contribution in [0.1, 0.15) is 32.7 Å². The van der Waals surface area contributed by atoms with Crippen molar-refractivity contribution in [1.29, 1.82) is 0 Å². The standard InChI is InChI=1S/C21H19N5O3S/c22-18-13-30-21(24-18)25-23-12-14-6-8-15(9-7-14)29-11-3-10-26-19(27)16-4-1-2-5-17(16)20(26)28/h1-2,4-9,12-13H,3,10-11,22H2,(H,24,25). The second-order valence-electron chi connectivity index (χ2n) is 6.53. The number of amides is 2. The number of hydrogen-bond acceptors (Lipinski definition) is 8. The Morgan fingerprint density at radius 2 is 1.80 bits per heavy atom. The van der Waals surface area contributed by atoms with Crippen molar-refractivity contribution in [1.82, 2.24) is 9.88 Å². The molecule has 0 unspecified atom stereocenters. The van der Waals surface area contributed by atoms with Gasteiger partial charge in [-0.2, -0.15) is 5.10 Å². The molecule has 0 fully saturated rings. The lowest BCUT2D eigenvalue weighted by Gasteiger charge is -2.14. The molecule has 0 atom stereocenters. The van der Waals surface area contributed by atoms with Crippen molar-refractivity contribution in [2.45, 2.75) is 6.42 Å². The van der Waals surface area contributed by atoms with Crippen LogP contribution in [0.5, 0.6) is 5.75 Å². The summed E-state index contributed by atoms with van der Waals surface area (Å²) in [4.78, 5) is 30.0. The van der Waals surface area contributed by atoms with Gasteiger partial charge in [-0.15, -0.1) is 11.3 Å². The molecule has 3 aromatic rings. The van der Waals surface area contributed by atoms with E-state index in [9.17, 15) is 9.59 Å². The third kappa shape index (κ3) is 4.31. The summed E-state index contributed by atoms with van der Waals surface area (Å²) in [6.45, 7) is 0.720. The quantitative estimate of drug-likeness (QED) is 0.250. The summed E-state index contributed by atoms with van der Waals surface area (Å²) < 4.78 is 5.71. The van der Waals surface area contributed by atoms with E-state index in [1.807, 2.05) is 24.3 Å². The van der Waals surface area contributed by atoms with E-state index < -0.39 is 0 Å². The highest BCUT2D eigenvalue weighted by molar-refractivity contribution is 7.14. The van der Waals surface area contributed by atoms with E-state index in [1.165, 1.54) is 16.2 Å². The number of carbonyl (C=O) groups is 2. The molecule has 0 saturated carbocycles. The van der Waals surface area contributed by atoms with Gasteiger partial charge in [0.05, 0.1) is 23.9 Å². The first-order valence-electron chi connectivity index (χ1n) is 9.30. The molecule has 2 aromatic carbocycles. The summed E-state index contributed by atoms with van der Waals surface area (Å²) >= 11 is 1.38. The fourth-order valence-corrected chi connectivity index (χ4v) is 3.55. The number of ether oxygens (including phenoxy) is 1. The van der Waals surface area contributed by atoms with Gasteiger partial charge in [0.2, 0.25) is 5.13 Å². The van der Waals surface area contributed by atoms with Crippen LogP contribution < -0.4 is 15.9 Å². The third-order valence-corrected chi connectivity index (χ3v) is 5.21. The van der Waals surface area contributed by atoms with Crippen LogP contribution in [0.3, 0.4) is 0 Å². The second kappa shape index (κ2) is 8.75. The molecule has 1 aliphatic heterocycles. The normalized spacial score (nSPS) is 13.1. The number of anilines is 2. The smallest absolute Gasteiger partial charge is 0.261 e. The minimum Gasteiger partial charge on any atom is -0.494 e. The van der Waals surface area contributed by atoms with Crippen molar-refractivity contribution in [3.8, 4) is 5.75 Å². The highest BCUT2D eigenvalue weighted by Gasteiger charge is 2.34. The van der Waals surface area contributed by atoms with Gasteiger partial charge in [0.15, 0.2) is 0 Å². The topological polar surface area (TPSA) is 110 Å². The molecule has 1 aliphatic rings. The van der Waals surface area contributed by atoms with Gasteiger partial charge in [-0.25, -0.2) is 4.98 Å². The molecule has 152 valence electrons. The monoisotopic (exact) mass is 421 g/mol. The van der Waals surface area contributed by atoms with Crippen LogP contribution in [0.4, 0.5) is 10.9 Å². The molecule has 3 N–H and O–H groups in total. The van der Waals surface area contributed by atoms with Crippen LogP contribution in [0.25, 0.3) is 0 Å². The Bertz CT molecular complexity index is 1060. The first kappa shape index (κ1) is 19.6. The Kier molecular flexibility index (Phi) is 5.71. The van der Waals surface area contributed by atoms with Gasteiger partial charge < -0.3 is 10.5 Å². The predicted octanol–water partition coefficient (Wildman–Crippen LogP) is 3.24. The Hall–Kier alpha value is -3.72. The lowest BCUT2D eigenvalue weighted by molar-refractivity contribution is 0.0647. The molecular formula is C21H19N5O3S. The molecule has 2 heterocycles. The molecule has 8 nitrogen and oxygen atoms in total. The Labute approximate surface area is 177 Å². The zero-order valence-electron chi connectivity index (χ0n) is 15.9. The van der Waals surface area contributed by atoms with E-state index in [2.05, 4.69) is 15.5 Å². The molecule has 30 heavy (non-hydrogen) atoms.